The maximum Gasteiger partial charge on any atom is 0.291 e. The summed E-state index contributed by atoms with van der Waals surface area (Å²) in [4.78, 5) is 12.3. The van der Waals surface area contributed by atoms with Gasteiger partial charge in [-0.05, 0) is 36.4 Å². The molecule has 0 bridgehead atoms. The molecule has 13 heteroatoms. The Morgan fingerprint density at radius 3 is 2.48 bits per heavy atom. The van der Waals surface area contributed by atoms with E-state index in [4.69, 9.17) is 39.5 Å². The van der Waals surface area contributed by atoms with Gasteiger partial charge in [0.05, 0.1) is 28.4 Å². The lowest BCUT2D eigenvalue weighted by molar-refractivity contribution is 0.102. The first-order valence-corrected chi connectivity index (χ1v) is 11.1. The van der Waals surface area contributed by atoms with Gasteiger partial charge in [0.2, 0.25) is 5.13 Å². The second kappa shape index (κ2) is 8.72. The zero-order valence-electron chi connectivity index (χ0n) is 14.4. The first-order chi connectivity index (χ1) is 13.7. The second-order valence-electron chi connectivity index (χ2n) is 5.41. The molecule has 29 heavy (non-hydrogen) atoms. The molecule has 0 spiro atoms. The van der Waals surface area contributed by atoms with Crippen molar-refractivity contribution in [3.8, 4) is 5.75 Å². The quantitative estimate of drug-likeness (QED) is 0.487. The molecule has 0 aliphatic heterocycles. The number of hydrogen-bond acceptors (Lipinski definition) is 7. The van der Waals surface area contributed by atoms with E-state index in [0.717, 1.165) is 0 Å². The van der Waals surface area contributed by atoms with Crippen molar-refractivity contribution in [3.05, 3.63) is 57.0 Å². The van der Waals surface area contributed by atoms with Crippen LogP contribution in [0.4, 0.5) is 10.8 Å². The molecule has 0 atom stereocenters. The van der Waals surface area contributed by atoms with Gasteiger partial charge in [-0.15, -0.1) is 10.2 Å². The second-order valence-corrected chi connectivity index (χ2v) is 9.49. The molecule has 0 aliphatic carbocycles. The van der Waals surface area contributed by atoms with Crippen LogP contribution in [0.5, 0.6) is 5.75 Å². The minimum Gasteiger partial charge on any atom is -0.495 e. The minimum absolute atomic E-state index is 0.0193. The van der Waals surface area contributed by atoms with Gasteiger partial charge in [-0.3, -0.25) is 14.8 Å². The minimum atomic E-state index is -4.04. The van der Waals surface area contributed by atoms with Gasteiger partial charge in [0, 0.05) is 5.02 Å². The Hall–Kier alpha value is -2.11. The number of methoxy groups -OCH3 is 1. The predicted molar refractivity (Wildman–Crippen MR) is 113 cm³/mol. The third-order valence-electron chi connectivity index (χ3n) is 3.44. The maximum atomic E-state index is 12.5. The Balaban J connectivity index is 1.76. The zero-order chi connectivity index (χ0) is 21.2. The number of rotatable bonds is 6. The van der Waals surface area contributed by atoms with Crippen LogP contribution in [0.1, 0.15) is 10.4 Å². The highest BCUT2D eigenvalue weighted by Gasteiger charge is 2.22. The molecule has 1 aromatic heterocycles. The first kappa shape index (κ1) is 21.6. The average Bonchev–Trinajstić information content (AvgIpc) is 3.11. The normalized spacial score (nSPS) is 11.2. The molecule has 0 saturated heterocycles. The molecule has 2 aromatic carbocycles. The number of ether oxygens (including phenoxy) is 1. The van der Waals surface area contributed by atoms with Crippen molar-refractivity contribution in [2.24, 2.45) is 0 Å². The number of hydrogen-bond donors (Lipinski definition) is 2. The van der Waals surface area contributed by atoms with Crippen molar-refractivity contribution in [3.63, 3.8) is 0 Å². The number of carbonyl (C=O) groups excluding carboxylic acids is 1. The van der Waals surface area contributed by atoms with Gasteiger partial charge in [0.1, 0.15) is 5.75 Å². The van der Waals surface area contributed by atoms with Gasteiger partial charge in [-0.2, -0.15) is 8.42 Å². The average molecular weight is 494 g/mol. The Labute approximate surface area is 184 Å². The molecule has 3 rings (SSSR count). The summed E-state index contributed by atoms with van der Waals surface area (Å²) in [6.45, 7) is 0. The molecule has 0 saturated carbocycles. The Morgan fingerprint density at radius 2 is 1.83 bits per heavy atom. The summed E-state index contributed by atoms with van der Waals surface area (Å²) in [6.07, 6.45) is 0. The van der Waals surface area contributed by atoms with Gasteiger partial charge in [0.25, 0.3) is 20.3 Å². The summed E-state index contributed by atoms with van der Waals surface area (Å²) in [6, 6.07) is 8.74. The van der Waals surface area contributed by atoms with E-state index < -0.39 is 15.9 Å². The number of amides is 1. The topological polar surface area (TPSA) is 110 Å². The van der Waals surface area contributed by atoms with Crippen molar-refractivity contribution in [1.29, 1.82) is 0 Å². The number of benzene rings is 2. The van der Waals surface area contributed by atoms with Crippen LogP contribution >= 0.6 is 46.1 Å². The number of nitrogens with one attached hydrogen (secondary N) is 2. The zero-order valence-corrected chi connectivity index (χ0v) is 18.3. The third-order valence-corrected chi connectivity index (χ3v) is 6.87. The fourth-order valence-electron chi connectivity index (χ4n) is 2.14. The van der Waals surface area contributed by atoms with E-state index in [1.54, 1.807) is 0 Å². The van der Waals surface area contributed by atoms with Crippen LogP contribution in [0.15, 0.2) is 40.7 Å². The third kappa shape index (κ3) is 5.09. The standard InChI is InChI=1S/C16H11Cl3N4O4S2/c1-27-13-5-3-9(7-12(13)19)23-29(25,26)16-22-21-15(28-16)20-14(24)10-4-2-8(17)6-11(10)18/h2-7,23H,1H3,(H,20,21,24). The highest BCUT2D eigenvalue weighted by atomic mass is 35.5. The molecule has 3 aromatic rings. The van der Waals surface area contributed by atoms with Crippen molar-refractivity contribution in [2.45, 2.75) is 4.34 Å². The van der Waals surface area contributed by atoms with Crippen LogP contribution in [0, 0.1) is 0 Å². The SMILES string of the molecule is COc1ccc(NS(=O)(=O)c2nnc(NC(=O)c3ccc(Cl)cc3Cl)s2)cc1Cl. The van der Waals surface area contributed by atoms with Gasteiger partial charge >= 0.3 is 0 Å². The molecule has 0 radical (unpaired) electrons. The molecular weight excluding hydrogens is 483 g/mol. The molecular formula is C16H11Cl3N4O4S2. The number of sulfonamides is 1. The highest BCUT2D eigenvalue weighted by molar-refractivity contribution is 7.94. The Morgan fingerprint density at radius 1 is 1.07 bits per heavy atom. The lowest BCUT2D eigenvalue weighted by Crippen LogP contribution is -2.12. The number of nitrogens with zero attached hydrogens (tertiary/aromatic N) is 2. The molecule has 0 fully saturated rings. The Kier molecular flexibility index (Phi) is 6.49. The van der Waals surface area contributed by atoms with E-state index in [-0.39, 0.29) is 30.8 Å². The number of aromatic nitrogens is 2. The molecule has 1 amide bonds. The molecule has 152 valence electrons. The van der Waals surface area contributed by atoms with Crippen LogP contribution in [0.25, 0.3) is 0 Å². The summed E-state index contributed by atoms with van der Waals surface area (Å²) >= 11 is 18.5. The van der Waals surface area contributed by atoms with E-state index in [1.165, 1.54) is 43.5 Å². The fourth-order valence-corrected chi connectivity index (χ4v) is 4.83. The molecule has 0 unspecified atom stereocenters. The van der Waals surface area contributed by atoms with E-state index in [9.17, 15) is 13.2 Å². The summed E-state index contributed by atoms with van der Waals surface area (Å²) in [5, 5.41) is 10.5. The van der Waals surface area contributed by atoms with E-state index in [0.29, 0.717) is 22.1 Å². The lowest BCUT2D eigenvalue weighted by Gasteiger charge is -2.07. The highest BCUT2D eigenvalue weighted by Crippen LogP contribution is 2.29. The lowest BCUT2D eigenvalue weighted by atomic mass is 10.2. The van der Waals surface area contributed by atoms with Gasteiger partial charge in [-0.25, -0.2) is 0 Å². The largest absolute Gasteiger partial charge is 0.495 e. The van der Waals surface area contributed by atoms with Gasteiger partial charge < -0.3 is 4.74 Å². The smallest absolute Gasteiger partial charge is 0.291 e. The van der Waals surface area contributed by atoms with E-state index in [1.807, 2.05) is 0 Å². The number of carbonyl (C=O) groups is 1. The summed E-state index contributed by atoms with van der Waals surface area (Å²) < 4.78 is 32.0. The van der Waals surface area contributed by atoms with Crippen LogP contribution in [-0.2, 0) is 10.0 Å². The number of halogens is 3. The van der Waals surface area contributed by atoms with Crippen LogP contribution < -0.4 is 14.8 Å². The van der Waals surface area contributed by atoms with Crippen molar-refractivity contribution >= 4 is 72.9 Å². The van der Waals surface area contributed by atoms with Crippen LogP contribution in [-0.4, -0.2) is 31.6 Å². The molecule has 1 heterocycles. The Bertz CT molecular complexity index is 1180. The van der Waals surface area contributed by atoms with E-state index in [2.05, 4.69) is 20.2 Å². The molecule has 0 aliphatic rings. The molecule has 2 N–H and O–H groups in total. The van der Waals surface area contributed by atoms with Crippen molar-refractivity contribution in [2.75, 3.05) is 17.1 Å². The van der Waals surface area contributed by atoms with Crippen LogP contribution in [0.2, 0.25) is 15.1 Å². The summed E-state index contributed by atoms with van der Waals surface area (Å²) in [5.74, 6) is -0.182. The van der Waals surface area contributed by atoms with Crippen molar-refractivity contribution < 1.29 is 17.9 Å². The first-order valence-electron chi connectivity index (χ1n) is 7.66. The predicted octanol–water partition coefficient (Wildman–Crippen LogP) is 4.56. The van der Waals surface area contributed by atoms with E-state index >= 15 is 0 Å². The van der Waals surface area contributed by atoms with Crippen LogP contribution in [0.3, 0.4) is 0 Å². The van der Waals surface area contributed by atoms with Gasteiger partial charge in [0.15, 0.2) is 0 Å². The monoisotopic (exact) mass is 492 g/mol. The molecule has 8 nitrogen and oxygen atoms in total. The fraction of sp³-hybridized carbons (Fsp3) is 0.0625. The number of anilines is 2. The maximum absolute atomic E-state index is 12.5. The van der Waals surface area contributed by atoms with Gasteiger partial charge in [-0.1, -0.05) is 46.1 Å². The summed E-state index contributed by atoms with van der Waals surface area (Å²) in [7, 11) is -2.60. The van der Waals surface area contributed by atoms with Crippen molar-refractivity contribution in [1.82, 2.24) is 10.2 Å². The summed E-state index contributed by atoms with van der Waals surface area (Å²) in [5.41, 5.74) is 0.367.